The highest BCUT2D eigenvalue weighted by Gasteiger charge is 2.18. The van der Waals surface area contributed by atoms with Crippen LogP contribution < -0.4 is 0 Å². The van der Waals surface area contributed by atoms with Gasteiger partial charge in [0.25, 0.3) is 0 Å². The van der Waals surface area contributed by atoms with E-state index in [1.54, 1.807) is 17.4 Å². The van der Waals surface area contributed by atoms with Crippen LogP contribution in [0.2, 0.25) is 0 Å². The summed E-state index contributed by atoms with van der Waals surface area (Å²) < 4.78 is 0. The summed E-state index contributed by atoms with van der Waals surface area (Å²) >= 11 is 1.56. The molecule has 19 heavy (non-hydrogen) atoms. The first-order valence-electron chi connectivity index (χ1n) is 5.85. The maximum absolute atomic E-state index is 11.5. The molecule has 3 rings (SSSR count). The SMILES string of the molecule is Cc1c(-c2cccs2)nc2ccccc2c1C(=O)O. The fraction of sp³-hybridized carbons (Fsp3) is 0.0667. The van der Waals surface area contributed by atoms with Gasteiger partial charge in [0, 0.05) is 5.39 Å². The Bertz CT molecular complexity index is 763. The van der Waals surface area contributed by atoms with Crippen molar-refractivity contribution in [3.63, 3.8) is 0 Å². The minimum absolute atomic E-state index is 0.342. The van der Waals surface area contributed by atoms with Crippen molar-refractivity contribution in [3.05, 3.63) is 52.9 Å². The molecule has 2 heterocycles. The molecule has 3 aromatic rings. The lowest BCUT2D eigenvalue weighted by molar-refractivity contribution is 0.0698. The van der Waals surface area contributed by atoms with Crippen molar-refractivity contribution in [1.82, 2.24) is 4.98 Å². The summed E-state index contributed by atoms with van der Waals surface area (Å²) in [4.78, 5) is 17.1. The summed E-state index contributed by atoms with van der Waals surface area (Å²) in [7, 11) is 0. The number of benzene rings is 1. The van der Waals surface area contributed by atoms with Gasteiger partial charge >= 0.3 is 5.97 Å². The second kappa shape index (κ2) is 4.48. The molecule has 0 amide bonds. The van der Waals surface area contributed by atoms with E-state index in [9.17, 15) is 9.90 Å². The lowest BCUT2D eigenvalue weighted by Gasteiger charge is -2.10. The molecule has 94 valence electrons. The number of aromatic nitrogens is 1. The Morgan fingerprint density at radius 3 is 2.68 bits per heavy atom. The van der Waals surface area contributed by atoms with Crippen LogP contribution in [0, 0.1) is 6.92 Å². The molecule has 1 N–H and O–H groups in total. The number of rotatable bonds is 2. The maximum atomic E-state index is 11.5. The van der Waals surface area contributed by atoms with Crippen LogP contribution in [0.3, 0.4) is 0 Å². The number of fused-ring (bicyclic) bond motifs is 1. The zero-order chi connectivity index (χ0) is 13.4. The van der Waals surface area contributed by atoms with Gasteiger partial charge in [-0.05, 0) is 30.0 Å². The molecule has 0 saturated carbocycles. The van der Waals surface area contributed by atoms with Crippen LogP contribution in [0.1, 0.15) is 15.9 Å². The summed E-state index contributed by atoms with van der Waals surface area (Å²) in [5.74, 6) is -0.908. The van der Waals surface area contributed by atoms with E-state index >= 15 is 0 Å². The quantitative estimate of drug-likeness (QED) is 0.765. The predicted octanol–water partition coefficient (Wildman–Crippen LogP) is 3.97. The van der Waals surface area contributed by atoms with Gasteiger partial charge in [-0.2, -0.15) is 0 Å². The minimum atomic E-state index is -0.908. The fourth-order valence-corrected chi connectivity index (χ4v) is 3.01. The van der Waals surface area contributed by atoms with Gasteiger partial charge < -0.3 is 5.11 Å². The Balaban J connectivity index is 2.42. The predicted molar refractivity (Wildman–Crippen MR) is 76.8 cm³/mol. The summed E-state index contributed by atoms with van der Waals surface area (Å²) in [5.41, 5.74) is 2.53. The Morgan fingerprint density at radius 2 is 2.00 bits per heavy atom. The highest BCUT2D eigenvalue weighted by molar-refractivity contribution is 7.13. The molecule has 3 nitrogen and oxygen atoms in total. The van der Waals surface area contributed by atoms with Gasteiger partial charge in [0.1, 0.15) is 0 Å². The largest absolute Gasteiger partial charge is 0.478 e. The van der Waals surface area contributed by atoms with Gasteiger partial charge in [0.15, 0.2) is 0 Å². The van der Waals surface area contributed by atoms with E-state index in [1.165, 1.54) is 0 Å². The smallest absolute Gasteiger partial charge is 0.336 e. The van der Waals surface area contributed by atoms with E-state index < -0.39 is 5.97 Å². The fourth-order valence-electron chi connectivity index (χ4n) is 2.24. The van der Waals surface area contributed by atoms with Crippen molar-refractivity contribution in [2.75, 3.05) is 0 Å². The zero-order valence-electron chi connectivity index (χ0n) is 10.3. The molecule has 0 spiro atoms. The highest BCUT2D eigenvalue weighted by atomic mass is 32.1. The molecule has 0 unspecified atom stereocenters. The van der Waals surface area contributed by atoms with Crippen LogP contribution in [-0.2, 0) is 0 Å². The van der Waals surface area contributed by atoms with E-state index in [1.807, 2.05) is 42.6 Å². The number of aromatic carboxylic acids is 1. The average Bonchev–Trinajstić information content (AvgIpc) is 2.91. The molecule has 0 fully saturated rings. The molecule has 2 aromatic heterocycles. The summed E-state index contributed by atoms with van der Waals surface area (Å²) in [6, 6.07) is 11.3. The lowest BCUT2D eigenvalue weighted by atomic mass is 10.0. The normalized spacial score (nSPS) is 10.8. The second-order valence-corrected chi connectivity index (χ2v) is 5.21. The summed E-state index contributed by atoms with van der Waals surface area (Å²) in [6.07, 6.45) is 0. The number of thiophene rings is 1. The summed E-state index contributed by atoms with van der Waals surface area (Å²) in [5, 5.41) is 12.1. The Morgan fingerprint density at radius 1 is 1.21 bits per heavy atom. The van der Waals surface area contributed by atoms with Crippen molar-refractivity contribution in [2.24, 2.45) is 0 Å². The molecular weight excluding hydrogens is 258 g/mol. The first-order valence-corrected chi connectivity index (χ1v) is 6.73. The Kier molecular flexibility index (Phi) is 2.80. The first kappa shape index (κ1) is 11.9. The van der Waals surface area contributed by atoms with Crippen LogP contribution in [0.15, 0.2) is 41.8 Å². The third-order valence-corrected chi connectivity index (χ3v) is 3.98. The van der Waals surface area contributed by atoms with E-state index in [-0.39, 0.29) is 0 Å². The first-order chi connectivity index (χ1) is 9.18. The van der Waals surface area contributed by atoms with Crippen LogP contribution in [0.4, 0.5) is 0 Å². The number of hydrogen-bond donors (Lipinski definition) is 1. The minimum Gasteiger partial charge on any atom is -0.478 e. The average molecular weight is 269 g/mol. The van der Waals surface area contributed by atoms with Crippen molar-refractivity contribution in [1.29, 1.82) is 0 Å². The molecule has 1 aromatic carbocycles. The van der Waals surface area contributed by atoms with Crippen LogP contribution in [0.5, 0.6) is 0 Å². The third kappa shape index (κ3) is 1.90. The Hall–Kier alpha value is -2.20. The van der Waals surface area contributed by atoms with Gasteiger partial charge in [0.05, 0.1) is 21.7 Å². The highest BCUT2D eigenvalue weighted by Crippen LogP contribution is 2.31. The second-order valence-electron chi connectivity index (χ2n) is 4.26. The number of carboxylic acids is 1. The van der Waals surface area contributed by atoms with Gasteiger partial charge in [-0.25, -0.2) is 9.78 Å². The topological polar surface area (TPSA) is 50.2 Å². The molecule has 0 atom stereocenters. The van der Waals surface area contributed by atoms with E-state index in [4.69, 9.17) is 0 Å². The van der Waals surface area contributed by atoms with Gasteiger partial charge in [-0.15, -0.1) is 11.3 Å². The Labute approximate surface area is 114 Å². The zero-order valence-corrected chi connectivity index (χ0v) is 11.1. The number of carbonyl (C=O) groups is 1. The van der Waals surface area contributed by atoms with E-state index in [2.05, 4.69) is 4.98 Å². The molecule has 0 aliphatic heterocycles. The van der Waals surface area contributed by atoms with Crippen molar-refractivity contribution >= 4 is 28.2 Å². The number of carboxylic acid groups (broad SMARTS) is 1. The van der Waals surface area contributed by atoms with Gasteiger partial charge in [-0.1, -0.05) is 24.3 Å². The molecule has 4 heteroatoms. The van der Waals surface area contributed by atoms with Gasteiger partial charge in [-0.3, -0.25) is 0 Å². The summed E-state index contributed by atoms with van der Waals surface area (Å²) in [6.45, 7) is 1.82. The third-order valence-electron chi connectivity index (χ3n) is 3.10. The van der Waals surface area contributed by atoms with Crippen LogP contribution >= 0.6 is 11.3 Å². The van der Waals surface area contributed by atoms with E-state index in [0.717, 1.165) is 10.6 Å². The number of para-hydroxylation sites is 1. The molecule has 0 saturated heterocycles. The standard InChI is InChI=1S/C15H11NO2S/c1-9-13(15(17)18)10-5-2-3-6-11(10)16-14(9)12-7-4-8-19-12/h2-8H,1H3,(H,17,18). The molecule has 0 radical (unpaired) electrons. The monoisotopic (exact) mass is 269 g/mol. The number of hydrogen-bond acceptors (Lipinski definition) is 3. The van der Waals surface area contributed by atoms with Crippen molar-refractivity contribution in [2.45, 2.75) is 6.92 Å². The van der Waals surface area contributed by atoms with Crippen LogP contribution in [-0.4, -0.2) is 16.1 Å². The number of nitrogens with zero attached hydrogens (tertiary/aromatic N) is 1. The lowest BCUT2D eigenvalue weighted by Crippen LogP contribution is -2.04. The molecular formula is C15H11NO2S. The van der Waals surface area contributed by atoms with Crippen molar-refractivity contribution < 1.29 is 9.90 Å². The molecule has 0 aliphatic rings. The maximum Gasteiger partial charge on any atom is 0.336 e. The van der Waals surface area contributed by atoms with Crippen molar-refractivity contribution in [3.8, 4) is 10.6 Å². The van der Waals surface area contributed by atoms with E-state index in [0.29, 0.717) is 22.0 Å². The number of pyridine rings is 1. The van der Waals surface area contributed by atoms with Crippen LogP contribution in [0.25, 0.3) is 21.5 Å². The van der Waals surface area contributed by atoms with Gasteiger partial charge in [0.2, 0.25) is 0 Å². The molecule has 0 aliphatic carbocycles. The molecule has 0 bridgehead atoms.